The van der Waals surface area contributed by atoms with E-state index in [1.54, 1.807) is 0 Å². The molecule has 0 fully saturated rings. The second kappa shape index (κ2) is 7.45. The topological polar surface area (TPSA) is 70.7 Å². The van der Waals surface area contributed by atoms with Crippen LogP contribution in [0.25, 0.3) is 0 Å². The molecular weight excluding hydrogens is 296 g/mol. The monoisotopic (exact) mass is 318 g/mol. The summed E-state index contributed by atoms with van der Waals surface area (Å²) >= 11 is 1.49. The average Bonchev–Trinajstić information content (AvgIpc) is 2.83. The van der Waals surface area contributed by atoms with Crippen molar-refractivity contribution in [1.29, 1.82) is 0 Å². The Balaban J connectivity index is 1.78. The highest BCUT2D eigenvalue weighted by Crippen LogP contribution is 2.16. The number of thioether (sulfide) groups is 1. The number of carbonyl (C=O) groups is 1. The summed E-state index contributed by atoms with van der Waals surface area (Å²) in [5, 5.41) is 10.5. The Hall–Kier alpha value is -1.82. The molecule has 6 heteroatoms. The zero-order valence-electron chi connectivity index (χ0n) is 13.5. The van der Waals surface area contributed by atoms with Crippen molar-refractivity contribution in [2.24, 2.45) is 0 Å². The van der Waals surface area contributed by atoms with Crippen molar-refractivity contribution >= 4 is 17.7 Å². The van der Waals surface area contributed by atoms with Gasteiger partial charge in [0.25, 0.3) is 0 Å². The molecule has 2 aromatic rings. The molecule has 0 aliphatic carbocycles. The number of benzene rings is 1. The maximum absolute atomic E-state index is 11.9. The third-order valence-corrected chi connectivity index (χ3v) is 4.29. The number of H-pyrrole nitrogens is 1. The van der Waals surface area contributed by atoms with E-state index in [-0.39, 0.29) is 5.91 Å². The number of nitrogens with zero attached hydrogens (tertiary/aromatic N) is 2. The second-order valence-corrected chi connectivity index (χ2v) is 6.52. The minimum absolute atomic E-state index is 0.0548. The number of nitrogens with one attached hydrogen (secondary N) is 2. The maximum atomic E-state index is 11.9. The van der Waals surface area contributed by atoms with Crippen LogP contribution in [-0.2, 0) is 11.3 Å². The van der Waals surface area contributed by atoms with Crippen LogP contribution in [0.5, 0.6) is 0 Å². The van der Waals surface area contributed by atoms with Crippen LogP contribution in [0.1, 0.15) is 34.5 Å². The normalized spacial score (nSPS) is 10.7. The van der Waals surface area contributed by atoms with E-state index < -0.39 is 0 Å². The van der Waals surface area contributed by atoms with Gasteiger partial charge in [0, 0.05) is 18.7 Å². The minimum Gasteiger partial charge on any atom is -0.352 e. The fourth-order valence-electron chi connectivity index (χ4n) is 2.39. The Morgan fingerprint density at radius 1 is 1.23 bits per heavy atom. The third kappa shape index (κ3) is 4.59. The van der Waals surface area contributed by atoms with Crippen molar-refractivity contribution in [1.82, 2.24) is 20.5 Å². The smallest absolute Gasteiger partial charge is 0.221 e. The molecule has 1 aromatic carbocycles. The Kier molecular flexibility index (Phi) is 5.60. The van der Waals surface area contributed by atoms with Gasteiger partial charge in [0.1, 0.15) is 5.82 Å². The quantitative estimate of drug-likeness (QED) is 0.804. The highest BCUT2D eigenvalue weighted by Gasteiger charge is 2.07. The molecule has 0 unspecified atom stereocenters. The summed E-state index contributed by atoms with van der Waals surface area (Å²) in [7, 11) is 0. The molecular formula is C16H22N4OS. The maximum Gasteiger partial charge on any atom is 0.221 e. The van der Waals surface area contributed by atoms with Crippen LogP contribution in [0.4, 0.5) is 0 Å². The Bertz CT molecular complexity index is 643. The highest BCUT2D eigenvalue weighted by atomic mass is 32.2. The number of rotatable bonds is 6. The molecule has 118 valence electrons. The van der Waals surface area contributed by atoms with Crippen molar-refractivity contribution in [2.75, 3.05) is 5.75 Å². The molecule has 1 amide bonds. The van der Waals surface area contributed by atoms with Gasteiger partial charge in [0.05, 0.1) is 0 Å². The predicted molar refractivity (Wildman–Crippen MR) is 89.0 cm³/mol. The molecule has 0 saturated heterocycles. The molecule has 1 heterocycles. The number of aryl methyl sites for hydroxylation is 4. The van der Waals surface area contributed by atoms with E-state index in [1.807, 2.05) is 6.92 Å². The number of hydrogen-bond acceptors (Lipinski definition) is 4. The molecule has 0 saturated carbocycles. The van der Waals surface area contributed by atoms with Gasteiger partial charge in [0.15, 0.2) is 0 Å². The molecule has 5 nitrogen and oxygen atoms in total. The Labute approximate surface area is 135 Å². The lowest BCUT2D eigenvalue weighted by Crippen LogP contribution is -2.24. The van der Waals surface area contributed by atoms with Crippen molar-refractivity contribution in [3.63, 3.8) is 0 Å². The van der Waals surface area contributed by atoms with Crippen molar-refractivity contribution in [3.8, 4) is 0 Å². The van der Waals surface area contributed by atoms with Crippen molar-refractivity contribution in [3.05, 3.63) is 40.2 Å². The standard InChI is InChI=1S/C16H22N4OS/c1-10-7-11(2)14(12(3)8-10)9-17-15(21)5-6-22-16-18-13(4)19-20-16/h7-8H,5-6,9H2,1-4H3,(H,17,21)(H,18,19,20). The first-order chi connectivity index (χ1) is 10.5. The number of carbonyl (C=O) groups excluding carboxylic acids is 1. The van der Waals surface area contributed by atoms with Gasteiger partial charge in [-0.05, 0) is 44.4 Å². The lowest BCUT2D eigenvalue weighted by Gasteiger charge is -2.12. The van der Waals surface area contributed by atoms with Crippen LogP contribution in [-0.4, -0.2) is 26.8 Å². The van der Waals surface area contributed by atoms with E-state index in [1.165, 1.54) is 34.0 Å². The van der Waals surface area contributed by atoms with E-state index in [2.05, 4.69) is 53.4 Å². The number of amides is 1. The molecule has 0 atom stereocenters. The number of aromatic amines is 1. The molecule has 0 radical (unpaired) electrons. The van der Waals surface area contributed by atoms with Crippen LogP contribution in [0.15, 0.2) is 17.3 Å². The van der Waals surface area contributed by atoms with Crippen LogP contribution in [0, 0.1) is 27.7 Å². The van der Waals surface area contributed by atoms with Crippen LogP contribution in [0.2, 0.25) is 0 Å². The first kappa shape index (κ1) is 16.5. The minimum atomic E-state index is 0.0548. The molecule has 0 bridgehead atoms. The van der Waals surface area contributed by atoms with Gasteiger partial charge in [-0.1, -0.05) is 29.5 Å². The van der Waals surface area contributed by atoms with Gasteiger partial charge < -0.3 is 5.32 Å². The zero-order chi connectivity index (χ0) is 16.1. The third-order valence-electron chi connectivity index (χ3n) is 3.44. The highest BCUT2D eigenvalue weighted by molar-refractivity contribution is 7.99. The van der Waals surface area contributed by atoms with Gasteiger partial charge in [-0.3, -0.25) is 9.89 Å². The molecule has 0 aliphatic heterocycles. The van der Waals surface area contributed by atoms with Crippen LogP contribution < -0.4 is 5.32 Å². The van der Waals surface area contributed by atoms with Gasteiger partial charge >= 0.3 is 0 Å². The second-order valence-electron chi connectivity index (χ2n) is 5.46. The summed E-state index contributed by atoms with van der Waals surface area (Å²) in [4.78, 5) is 16.1. The fourth-order valence-corrected chi connectivity index (χ4v) is 3.17. The summed E-state index contributed by atoms with van der Waals surface area (Å²) in [5.74, 6) is 1.52. The molecule has 0 spiro atoms. The fraction of sp³-hybridized carbons (Fsp3) is 0.438. The molecule has 0 aliphatic rings. The Morgan fingerprint density at radius 2 is 1.91 bits per heavy atom. The largest absolute Gasteiger partial charge is 0.352 e. The molecule has 1 aromatic heterocycles. The molecule has 2 N–H and O–H groups in total. The number of aromatic nitrogens is 3. The van der Waals surface area contributed by atoms with E-state index >= 15 is 0 Å². The lowest BCUT2D eigenvalue weighted by molar-refractivity contribution is -0.120. The first-order valence-electron chi connectivity index (χ1n) is 7.31. The Morgan fingerprint density at radius 3 is 2.50 bits per heavy atom. The molecule has 22 heavy (non-hydrogen) atoms. The van der Waals surface area contributed by atoms with E-state index in [0.29, 0.717) is 23.9 Å². The van der Waals surface area contributed by atoms with Crippen molar-refractivity contribution in [2.45, 2.75) is 45.8 Å². The van der Waals surface area contributed by atoms with Crippen molar-refractivity contribution < 1.29 is 4.79 Å². The zero-order valence-corrected chi connectivity index (χ0v) is 14.3. The van der Waals surface area contributed by atoms with E-state index in [0.717, 1.165) is 5.82 Å². The van der Waals surface area contributed by atoms with Gasteiger partial charge in [-0.25, -0.2) is 4.98 Å². The van der Waals surface area contributed by atoms with E-state index in [9.17, 15) is 4.79 Å². The van der Waals surface area contributed by atoms with Crippen LogP contribution in [0.3, 0.4) is 0 Å². The predicted octanol–water partition coefficient (Wildman–Crippen LogP) is 2.84. The summed E-state index contributed by atoms with van der Waals surface area (Å²) in [6.45, 7) is 8.70. The summed E-state index contributed by atoms with van der Waals surface area (Å²) in [5.41, 5.74) is 4.91. The summed E-state index contributed by atoms with van der Waals surface area (Å²) < 4.78 is 0. The van der Waals surface area contributed by atoms with Gasteiger partial charge in [0.2, 0.25) is 11.1 Å². The van der Waals surface area contributed by atoms with Gasteiger partial charge in [-0.15, -0.1) is 5.10 Å². The van der Waals surface area contributed by atoms with Crippen LogP contribution >= 0.6 is 11.8 Å². The first-order valence-corrected chi connectivity index (χ1v) is 8.29. The lowest BCUT2D eigenvalue weighted by atomic mass is 10.00. The SMILES string of the molecule is Cc1cc(C)c(CNC(=O)CCSc2n[nH]c(C)n2)c(C)c1. The molecule has 2 rings (SSSR count). The summed E-state index contributed by atoms with van der Waals surface area (Å²) in [6, 6.07) is 4.30. The van der Waals surface area contributed by atoms with Gasteiger partial charge in [-0.2, -0.15) is 0 Å². The van der Waals surface area contributed by atoms with E-state index in [4.69, 9.17) is 0 Å². The summed E-state index contributed by atoms with van der Waals surface area (Å²) in [6.07, 6.45) is 0.461. The number of hydrogen-bond donors (Lipinski definition) is 2. The average molecular weight is 318 g/mol.